The largest absolute Gasteiger partial charge is 0.503 e. The molecule has 3 rings (SSSR count). The Kier molecular flexibility index (Phi) is 10.7. The molecule has 1 fully saturated rings. The lowest BCUT2D eigenvalue weighted by atomic mass is 10.1. The maximum atomic E-state index is 13.0. The second-order valence-corrected chi connectivity index (χ2v) is 8.45. The quantitative estimate of drug-likeness (QED) is 0.364. The van der Waals surface area contributed by atoms with Crippen molar-refractivity contribution in [3.63, 3.8) is 0 Å². The molecule has 1 aromatic carbocycles. The monoisotopic (exact) mass is 488 g/mol. The number of unbranched alkanes of at least 4 members (excludes halogenated alkanes) is 1. The van der Waals surface area contributed by atoms with Crippen LogP contribution in [-0.2, 0) is 36.9 Å². The number of hydrogen-bond acceptors (Lipinski definition) is 9. The molecule has 4 unspecified atom stereocenters. The second-order valence-electron chi connectivity index (χ2n) is 8.45. The zero-order valence-electron chi connectivity index (χ0n) is 20.6. The number of pyridine rings is 1. The molecule has 9 heteroatoms. The highest BCUT2D eigenvalue weighted by molar-refractivity contribution is 5.76. The summed E-state index contributed by atoms with van der Waals surface area (Å²) in [7, 11) is 1.46. The van der Waals surface area contributed by atoms with Crippen LogP contribution in [0.5, 0.6) is 11.5 Å². The molecular formula is C26H36N2O7. The third-order valence-corrected chi connectivity index (χ3v) is 5.80. The third kappa shape index (κ3) is 7.90. The highest BCUT2D eigenvalue weighted by atomic mass is 16.6. The van der Waals surface area contributed by atoms with Gasteiger partial charge in [0.1, 0.15) is 24.4 Å². The maximum absolute atomic E-state index is 13.0. The Morgan fingerprint density at radius 1 is 1.17 bits per heavy atom. The number of rotatable bonds is 11. The SMILES string of the molecule is CCCCOC1COCC(NCc2nccc(OC)c2O)C(=O)OC(C)C1OCc1ccccc1. The fraction of sp³-hybridized carbons (Fsp3) is 0.538. The first kappa shape index (κ1) is 26.9. The third-order valence-electron chi connectivity index (χ3n) is 5.80. The number of carbonyl (C=O) groups is 1. The van der Waals surface area contributed by atoms with E-state index in [-0.39, 0.29) is 25.5 Å². The first-order valence-electron chi connectivity index (χ1n) is 12.0. The standard InChI is InChI=1S/C26H36N2O7/c1-4-5-13-33-23-17-32-16-21(28-14-20-24(29)22(31-3)11-12-27-20)26(30)35-18(2)25(23)34-15-19-9-7-6-8-10-19/h6-12,18,21,23,25,28-29H,4-5,13-17H2,1-3H3. The van der Waals surface area contributed by atoms with Crippen molar-refractivity contribution >= 4 is 5.97 Å². The summed E-state index contributed by atoms with van der Waals surface area (Å²) in [5, 5.41) is 13.4. The van der Waals surface area contributed by atoms with Gasteiger partial charge in [-0.2, -0.15) is 0 Å². The van der Waals surface area contributed by atoms with Gasteiger partial charge < -0.3 is 28.8 Å². The average molecular weight is 489 g/mol. The number of ether oxygens (including phenoxy) is 5. The summed E-state index contributed by atoms with van der Waals surface area (Å²) >= 11 is 0. The molecule has 0 saturated carbocycles. The zero-order valence-corrected chi connectivity index (χ0v) is 20.6. The van der Waals surface area contributed by atoms with Gasteiger partial charge in [0.05, 0.1) is 32.6 Å². The van der Waals surface area contributed by atoms with Gasteiger partial charge in [0.15, 0.2) is 11.5 Å². The van der Waals surface area contributed by atoms with Crippen LogP contribution in [-0.4, -0.2) is 67.3 Å². The first-order valence-corrected chi connectivity index (χ1v) is 12.0. The lowest BCUT2D eigenvalue weighted by molar-refractivity contribution is -0.169. The Hall–Kier alpha value is -2.72. The molecule has 0 spiro atoms. The lowest BCUT2D eigenvalue weighted by Gasteiger charge is -2.30. The Morgan fingerprint density at radius 3 is 2.71 bits per heavy atom. The van der Waals surface area contributed by atoms with Gasteiger partial charge in [-0.3, -0.25) is 15.1 Å². The van der Waals surface area contributed by atoms with Gasteiger partial charge >= 0.3 is 5.97 Å². The van der Waals surface area contributed by atoms with Crippen molar-refractivity contribution in [1.29, 1.82) is 0 Å². The molecule has 0 amide bonds. The number of nitrogens with zero attached hydrogens (tertiary/aromatic N) is 1. The molecule has 0 radical (unpaired) electrons. The molecule has 1 aromatic heterocycles. The normalized spacial score (nSPS) is 23.1. The fourth-order valence-corrected chi connectivity index (χ4v) is 3.76. The number of methoxy groups -OCH3 is 1. The summed E-state index contributed by atoms with van der Waals surface area (Å²) in [5.41, 5.74) is 1.37. The van der Waals surface area contributed by atoms with Crippen LogP contribution in [0, 0.1) is 0 Å². The Morgan fingerprint density at radius 2 is 1.97 bits per heavy atom. The highest BCUT2D eigenvalue weighted by Crippen LogP contribution is 2.27. The smallest absolute Gasteiger partial charge is 0.325 e. The van der Waals surface area contributed by atoms with E-state index in [0.717, 1.165) is 18.4 Å². The Bertz CT molecular complexity index is 912. The molecule has 2 aromatic rings. The topological polar surface area (TPSA) is 108 Å². The summed E-state index contributed by atoms with van der Waals surface area (Å²) in [4.78, 5) is 17.1. The van der Waals surface area contributed by atoms with Crippen LogP contribution in [0.2, 0.25) is 0 Å². The molecule has 4 atom stereocenters. The molecule has 9 nitrogen and oxygen atoms in total. The summed E-state index contributed by atoms with van der Waals surface area (Å²) < 4.78 is 29.1. The van der Waals surface area contributed by atoms with Crippen molar-refractivity contribution in [3.05, 3.63) is 53.9 Å². The fourth-order valence-electron chi connectivity index (χ4n) is 3.76. The van der Waals surface area contributed by atoms with Gasteiger partial charge in [0.25, 0.3) is 0 Å². The molecule has 0 aliphatic carbocycles. The van der Waals surface area contributed by atoms with E-state index in [1.54, 1.807) is 6.07 Å². The number of esters is 1. The number of cyclic esters (lactones) is 1. The van der Waals surface area contributed by atoms with E-state index in [0.29, 0.717) is 24.7 Å². The van der Waals surface area contributed by atoms with Crippen LogP contribution in [0.15, 0.2) is 42.6 Å². The van der Waals surface area contributed by atoms with Crippen LogP contribution in [0.25, 0.3) is 0 Å². The minimum atomic E-state index is -0.756. The predicted molar refractivity (Wildman–Crippen MR) is 129 cm³/mol. The maximum Gasteiger partial charge on any atom is 0.325 e. The van der Waals surface area contributed by atoms with E-state index in [2.05, 4.69) is 17.2 Å². The van der Waals surface area contributed by atoms with Gasteiger partial charge in [-0.15, -0.1) is 0 Å². The van der Waals surface area contributed by atoms with E-state index >= 15 is 0 Å². The number of aromatic nitrogens is 1. The van der Waals surface area contributed by atoms with Crippen LogP contribution in [0.1, 0.15) is 37.9 Å². The summed E-state index contributed by atoms with van der Waals surface area (Å²) in [5.74, 6) is -0.237. The number of hydrogen-bond donors (Lipinski definition) is 2. The molecule has 35 heavy (non-hydrogen) atoms. The Labute approximate surface area is 206 Å². The molecule has 2 heterocycles. The molecule has 0 bridgehead atoms. The van der Waals surface area contributed by atoms with Crippen molar-refractivity contribution in [3.8, 4) is 11.5 Å². The van der Waals surface area contributed by atoms with Gasteiger partial charge in [-0.1, -0.05) is 43.7 Å². The van der Waals surface area contributed by atoms with E-state index in [9.17, 15) is 9.90 Å². The van der Waals surface area contributed by atoms with Gasteiger partial charge in [0, 0.05) is 25.4 Å². The van der Waals surface area contributed by atoms with Crippen molar-refractivity contribution in [2.75, 3.05) is 26.9 Å². The van der Waals surface area contributed by atoms with Crippen molar-refractivity contribution in [2.45, 2.75) is 64.2 Å². The van der Waals surface area contributed by atoms with Crippen LogP contribution >= 0.6 is 0 Å². The zero-order chi connectivity index (χ0) is 25.0. The van der Waals surface area contributed by atoms with Gasteiger partial charge in [-0.05, 0) is 18.9 Å². The summed E-state index contributed by atoms with van der Waals surface area (Å²) in [6.07, 6.45) is 1.99. The lowest BCUT2D eigenvalue weighted by Crippen LogP contribution is -2.45. The summed E-state index contributed by atoms with van der Waals surface area (Å²) in [6.45, 7) is 5.30. The molecule has 192 valence electrons. The van der Waals surface area contributed by atoms with Crippen molar-refractivity contribution in [1.82, 2.24) is 10.3 Å². The van der Waals surface area contributed by atoms with Crippen molar-refractivity contribution in [2.24, 2.45) is 0 Å². The highest BCUT2D eigenvalue weighted by Gasteiger charge is 2.35. The van der Waals surface area contributed by atoms with E-state index in [1.165, 1.54) is 13.3 Å². The molecule has 1 aliphatic rings. The number of aromatic hydroxyl groups is 1. The number of benzene rings is 1. The number of carbonyl (C=O) groups excluding carboxylic acids is 1. The van der Waals surface area contributed by atoms with E-state index in [1.807, 2.05) is 37.3 Å². The van der Waals surface area contributed by atoms with Crippen LogP contribution in [0.3, 0.4) is 0 Å². The van der Waals surface area contributed by atoms with Crippen molar-refractivity contribution < 1.29 is 33.6 Å². The number of nitrogens with one attached hydrogen (secondary N) is 1. The molecular weight excluding hydrogens is 452 g/mol. The minimum Gasteiger partial charge on any atom is -0.503 e. The van der Waals surface area contributed by atoms with Crippen LogP contribution < -0.4 is 10.1 Å². The summed E-state index contributed by atoms with van der Waals surface area (Å²) in [6, 6.07) is 10.6. The molecule has 1 aliphatic heterocycles. The minimum absolute atomic E-state index is 0.0769. The molecule has 1 saturated heterocycles. The second kappa shape index (κ2) is 14.0. The van der Waals surface area contributed by atoms with Gasteiger partial charge in [0.2, 0.25) is 0 Å². The van der Waals surface area contributed by atoms with E-state index in [4.69, 9.17) is 23.7 Å². The van der Waals surface area contributed by atoms with Gasteiger partial charge in [-0.25, -0.2) is 0 Å². The Balaban J connectivity index is 1.68. The van der Waals surface area contributed by atoms with Crippen LogP contribution in [0.4, 0.5) is 0 Å². The predicted octanol–water partition coefficient (Wildman–Crippen LogP) is 2.99. The van der Waals surface area contributed by atoms with E-state index < -0.39 is 30.3 Å². The molecule has 2 N–H and O–H groups in total. The average Bonchev–Trinajstić information content (AvgIpc) is 2.91. The first-order chi connectivity index (χ1) is 17.0.